The number of amides is 2. The molecule has 1 aromatic heterocycles. The number of piperidine rings is 1. The van der Waals surface area contributed by atoms with Gasteiger partial charge < -0.3 is 14.8 Å². The molecule has 0 aromatic carbocycles. The van der Waals surface area contributed by atoms with Crippen LogP contribution in [0.15, 0.2) is 0 Å². The zero-order valence-corrected chi connectivity index (χ0v) is 15.9. The maximum Gasteiger partial charge on any atom is 0.289 e. The molecule has 25 heavy (non-hydrogen) atoms. The Morgan fingerprint density at radius 2 is 1.92 bits per heavy atom. The number of nitrogens with zero attached hydrogens (tertiary/aromatic N) is 3. The smallest absolute Gasteiger partial charge is 0.289 e. The molecule has 138 valence electrons. The number of fused-ring (bicyclic) bond motifs is 1. The van der Waals surface area contributed by atoms with E-state index in [4.69, 9.17) is 0 Å². The van der Waals surface area contributed by atoms with Gasteiger partial charge in [-0.25, -0.2) is 4.98 Å². The molecule has 6 nitrogen and oxygen atoms in total. The minimum atomic E-state index is -0.325. The third kappa shape index (κ3) is 3.88. The molecule has 3 rings (SSSR count). The van der Waals surface area contributed by atoms with Gasteiger partial charge in [0.05, 0.1) is 5.69 Å². The van der Waals surface area contributed by atoms with Crippen LogP contribution < -0.4 is 5.32 Å². The Balaban J connectivity index is 1.92. The molecule has 0 spiro atoms. The van der Waals surface area contributed by atoms with Gasteiger partial charge in [-0.1, -0.05) is 6.92 Å². The molecule has 0 aliphatic carbocycles. The van der Waals surface area contributed by atoms with Crippen molar-refractivity contribution in [3.63, 3.8) is 0 Å². The summed E-state index contributed by atoms with van der Waals surface area (Å²) < 4.78 is 1.99. The SMILES string of the molecule is CC1CCCN(C(=O)c2nc(C(=O)NC(C)(C)C)c3n2CCCC3)C1. The van der Waals surface area contributed by atoms with Crippen molar-refractivity contribution >= 4 is 11.8 Å². The maximum atomic E-state index is 13.0. The molecule has 3 heterocycles. The lowest BCUT2D eigenvalue weighted by Gasteiger charge is -2.31. The van der Waals surface area contributed by atoms with Gasteiger partial charge in [0, 0.05) is 25.2 Å². The van der Waals surface area contributed by atoms with Crippen LogP contribution in [0.5, 0.6) is 0 Å². The van der Waals surface area contributed by atoms with Crippen LogP contribution in [-0.4, -0.2) is 44.9 Å². The zero-order valence-electron chi connectivity index (χ0n) is 15.9. The van der Waals surface area contributed by atoms with Crippen molar-refractivity contribution in [1.82, 2.24) is 19.8 Å². The number of likely N-dealkylation sites (tertiary alicyclic amines) is 1. The second-order valence-corrected chi connectivity index (χ2v) is 8.54. The van der Waals surface area contributed by atoms with E-state index in [-0.39, 0.29) is 17.4 Å². The van der Waals surface area contributed by atoms with Crippen LogP contribution in [0, 0.1) is 5.92 Å². The standard InChI is InChI=1S/C19H30N4O2/c1-13-8-7-10-22(12-13)18(25)16-20-15(17(24)21-19(2,3)4)14-9-5-6-11-23(14)16/h13H,5-12H2,1-4H3,(H,21,24). The van der Waals surface area contributed by atoms with Gasteiger partial charge in [0.1, 0.15) is 5.69 Å². The molecule has 1 fully saturated rings. The number of carbonyl (C=O) groups excluding carboxylic acids is 2. The number of carbonyl (C=O) groups is 2. The topological polar surface area (TPSA) is 67.2 Å². The van der Waals surface area contributed by atoms with Crippen LogP contribution in [0.3, 0.4) is 0 Å². The highest BCUT2D eigenvalue weighted by atomic mass is 16.2. The van der Waals surface area contributed by atoms with Gasteiger partial charge in [0.15, 0.2) is 5.82 Å². The normalized spacial score (nSPS) is 21.0. The highest BCUT2D eigenvalue weighted by molar-refractivity contribution is 5.97. The minimum absolute atomic E-state index is 0.0236. The molecular weight excluding hydrogens is 316 g/mol. The molecule has 1 unspecified atom stereocenters. The first-order valence-corrected chi connectivity index (χ1v) is 9.47. The molecule has 2 amide bonds. The molecule has 0 radical (unpaired) electrons. The van der Waals surface area contributed by atoms with Crippen LogP contribution in [0.2, 0.25) is 0 Å². The van der Waals surface area contributed by atoms with E-state index in [1.165, 1.54) is 6.42 Å². The zero-order chi connectivity index (χ0) is 18.2. The van der Waals surface area contributed by atoms with Gasteiger partial charge in [0.25, 0.3) is 11.8 Å². The molecule has 1 aromatic rings. The summed E-state index contributed by atoms with van der Waals surface area (Å²) in [7, 11) is 0. The van der Waals surface area contributed by atoms with Crippen LogP contribution in [-0.2, 0) is 13.0 Å². The van der Waals surface area contributed by atoms with Gasteiger partial charge in [-0.05, 0) is 58.8 Å². The Morgan fingerprint density at radius 1 is 1.16 bits per heavy atom. The van der Waals surface area contributed by atoms with Gasteiger partial charge in [0.2, 0.25) is 0 Å². The highest BCUT2D eigenvalue weighted by Gasteiger charge is 2.32. The fourth-order valence-electron chi connectivity index (χ4n) is 3.80. The van der Waals surface area contributed by atoms with Crippen LogP contribution in [0.25, 0.3) is 0 Å². The molecule has 0 saturated carbocycles. The van der Waals surface area contributed by atoms with Crippen LogP contribution >= 0.6 is 0 Å². The molecule has 1 saturated heterocycles. The van der Waals surface area contributed by atoms with Crippen molar-refractivity contribution in [3.05, 3.63) is 17.2 Å². The molecule has 1 atom stereocenters. The van der Waals surface area contributed by atoms with Crippen LogP contribution in [0.1, 0.15) is 80.2 Å². The fraction of sp³-hybridized carbons (Fsp3) is 0.737. The van der Waals surface area contributed by atoms with E-state index < -0.39 is 0 Å². The number of hydrogen-bond acceptors (Lipinski definition) is 3. The summed E-state index contributed by atoms with van der Waals surface area (Å²) >= 11 is 0. The number of aromatic nitrogens is 2. The second-order valence-electron chi connectivity index (χ2n) is 8.54. The predicted molar refractivity (Wildman–Crippen MR) is 96.7 cm³/mol. The van der Waals surface area contributed by atoms with E-state index in [2.05, 4.69) is 17.2 Å². The van der Waals surface area contributed by atoms with Crippen molar-refractivity contribution in [2.45, 2.75) is 71.9 Å². The Labute approximate surface area is 150 Å². The first-order chi connectivity index (χ1) is 11.8. The fourth-order valence-corrected chi connectivity index (χ4v) is 3.80. The maximum absolute atomic E-state index is 13.0. The highest BCUT2D eigenvalue weighted by Crippen LogP contribution is 2.24. The third-order valence-electron chi connectivity index (χ3n) is 4.96. The van der Waals surface area contributed by atoms with Crippen molar-refractivity contribution < 1.29 is 9.59 Å². The lowest BCUT2D eigenvalue weighted by atomic mass is 10.0. The van der Waals surface area contributed by atoms with Gasteiger partial charge in [-0.2, -0.15) is 0 Å². The Morgan fingerprint density at radius 3 is 2.60 bits per heavy atom. The lowest BCUT2D eigenvalue weighted by Crippen LogP contribution is -2.41. The van der Waals surface area contributed by atoms with E-state index in [0.717, 1.165) is 51.0 Å². The summed E-state index contributed by atoms with van der Waals surface area (Å²) in [6.07, 6.45) is 5.08. The summed E-state index contributed by atoms with van der Waals surface area (Å²) in [6.45, 7) is 10.4. The summed E-state index contributed by atoms with van der Waals surface area (Å²) in [6, 6.07) is 0. The minimum Gasteiger partial charge on any atom is -0.346 e. The first-order valence-electron chi connectivity index (χ1n) is 9.47. The van der Waals surface area contributed by atoms with Crippen molar-refractivity contribution in [2.24, 2.45) is 5.92 Å². The monoisotopic (exact) mass is 346 g/mol. The van der Waals surface area contributed by atoms with Crippen molar-refractivity contribution in [1.29, 1.82) is 0 Å². The Bertz CT molecular complexity index is 672. The summed E-state index contributed by atoms with van der Waals surface area (Å²) in [5, 5.41) is 2.98. The van der Waals surface area contributed by atoms with Crippen molar-refractivity contribution in [2.75, 3.05) is 13.1 Å². The van der Waals surface area contributed by atoms with Crippen LogP contribution in [0.4, 0.5) is 0 Å². The van der Waals surface area contributed by atoms with E-state index in [1.54, 1.807) is 0 Å². The number of rotatable bonds is 2. The van der Waals surface area contributed by atoms with Gasteiger partial charge >= 0.3 is 0 Å². The molecular formula is C19H30N4O2. The summed E-state index contributed by atoms with van der Waals surface area (Å²) in [4.78, 5) is 32.2. The number of nitrogens with one attached hydrogen (secondary N) is 1. The molecule has 2 aliphatic rings. The average molecular weight is 346 g/mol. The van der Waals surface area contributed by atoms with E-state index >= 15 is 0 Å². The molecule has 1 N–H and O–H groups in total. The Hall–Kier alpha value is -1.85. The third-order valence-corrected chi connectivity index (χ3v) is 4.96. The first kappa shape index (κ1) is 18.0. The molecule has 2 aliphatic heterocycles. The average Bonchev–Trinajstić information content (AvgIpc) is 2.92. The molecule has 6 heteroatoms. The van der Waals surface area contributed by atoms with Gasteiger partial charge in [-0.3, -0.25) is 9.59 Å². The second kappa shape index (κ2) is 6.81. The van der Waals surface area contributed by atoms with E-state index in [1.807, 2.05) is 30.2 Å². The largest absolute Gasteiger partial charge is 0.346 e. The summed E-state index contributed by atoms with van der Waals surface area (Å²) in [5.74, 6) is 0.772. The lowest BCUT2D eigenvalue weighted by molar-refractivity contribution is 0.0664. The van der Waals surface area contributed by atoms with E-state index in [0.29, 0.717) is 17.4 Å². The molecule has 0 bridgehead atoms. The van der Waals surface area contributed by atoms with Gasteiger partial charge in [-0.15, -0.1) is 0 Å². The number of imidazole rings is 1. The Kier molecular flexibility index (Phi) is 4.89. The summed E-state index contributed by atoms with van der Waals surface area (Å²) in [5.41, 5.74) is 1.03. The van der Waals surface area contributed by atoms with E-state index in [9.17, 15) is 9.59 Å². The van der Waals surface area contributed by atoms with Crippen molar-refractivity contribution in [3.8, 4) is 0 Å². The predicted octanol–water partition coefficient (Wildman–Crippen LogP) is 2.62. The number of hydrogen-bond donors (Lipinski definition) is 1. The quantitative estimate of drug-likeness (QED) is 0.895.